The van der Waals surface area contributed by atoms with Crippen LogP contribution in [0.25, 0.3) is 0 Å². The number of benzene rings is 1. The number of ether oxygens (including phenoxy) is 3. The van der Waals surface area contributed by atoms with Crippen LogP contribution in [0, 0.1) is 6.92 Å². The van der Waals surface area contributed by atoms with Crippen LogP contribution in [-0.4, -0.2) is 52.8 Å². The minimum Gasteiger partial charge on any atom is -0.496 e. The minimum atomic E-state index is -0.376. The zero-order chi connectivity index (χ0) is 16.5. The zero-order valence-electron chi connectivity index (χ0n) is 13.3. The van der Waals surface area contributed by atoms with Crippen molar-refractivity contribution < 1.29 is 23.8 Å². The van der Waals surface area contributed by atoms with Crippen LogP contribution in [0.15, 0.2) is 12.1 Å². The highest BCUT2D eigenvalue weighted by Crippen LogP contribution is 2.29. The standard InChI is InChI=1S/C15H22N2O5/c1-10-12(21-3)7-11(8-13(10)22-4)15(19)17-9-14(18)16-5-6-20-2/h7-8H,5-6,9H2,1-4H3,(H,16,18)(H,17,19). The van der Waals surface area contributed by atoms with Gasteiger partial charge in [-0.15, -0.1) is 0 Å². The smallest absolute Gasteiger partial charge is 0.251 e. The summed E-state index contributed by atoms with van der Waals surface area (Å²) in [5.41, 5.74) is 1.17. The number of carbonyl (C=O) groups excluding carboxylic acids is 2. The molecule has 1 aromatic rings. The van der Waals surface area contributed by atoms with Crippen LogP contribution >= 0.6 is 0 Å². The molecule has 0 saturated carbocycles. The van der Waals surface area contributed by atoms with E-state index in [4.69, 9.17) is 14.2 Å². The molecule has 0 aliphatic carbocycles. The lowest BCUT2D eigenvalue weighted by atomic mass is 10.1. The number of hydrogen-bond acceptors (Lipinski definition) is 5. The Hall–Kier alpha value is -2.28. The molecule has 1 aromatic carbocycles. The highest BCUT2D eigenvalue weighted by molar-refractivity contribution is 5.97. The summed E-state index contributed by atoms with van der Waals surface area (Å²) in [4.78, 5) is 23.6. The quantitative estimate of drug-likeness (QED) is 0.683. The average molecular weight is 310 g/mol. The van der Waals surface area contributed by atoms with Gasteiger partial charge < -0.3 is 24.8 Å². The summed E-state index contributed by atoms with van der Waals surface area (Å²) in [6.45, 7) is 2.55. The van der Waals surface area contributed by atoms with Crippen molar-refractivity contribution in [1.82, 2.24) is 10.6 Å². The van der Waals surface area contributed by atoms with Gasteiger partial charge in [-0.3, -0.25) is 9.59 Å². The second-order valence-corrected chi connectivity index (χ2v) is 4.53. The monoisotopic (exact) mass is 310 g/mol. The molecule has 0 saturated heterocycles. The van der Waals surface area contributed by atoms with Crippen molar-refractivity contribution in [3.63, 3.8) is 0 Å². The van der Waals surface area contributed by atoms with Crippen molar-refractivity contribution in [3.05, 3.63) is 23.3 Å². The predicted molar refractivity (Wildman–Crippen MR) is 81.5 cm³/mol. The largest absolute Gasteiger partial charge is 0.496 e. The first-order chi connectivity index (χ1) is 10.5. The summed E-state index contributed by atoms with van der Waals surface area (Å²) in [6.07, 6.45) is 0. The summed E-state index contributed by atoms with van der Waals surface area (Å²) in [6, 6.07) is 3.21. The van der Waals surface area contributed by atoms with E-state index in [-0.39, 0.29) is 18.4 Å². The van der Waals surface area contributed by atoms with Crippen molar-refractivity contribution in [2.45, 2.75) is 6.92 Å². The molecule has 0 spiro atoms. The number of rotatable bonds is 8. The van der Waals surface area contributed by atoms with E-state index in [1.165, 1.54) is 14.2 Å². The fourth-order valence-corrected chi connectivity index (χ4v) is 1.83. The maximum atomic E-state index is 12.1. The van der Waals surface area contributed by atoms with Crippen LogP contribution in [0.5, 0.6) is 11.5 Å². The van der Waals surface area contributed by atoms with Gasteiger partial charge in [-0.2, -0.15) is 0 Å². The topological polar surface area (TPSA) is 85.9 Å². The molecule has 1 rings (SSSR count). The van der Waals surface area contributed by atoms with Crippen LogP contribution in [0.2, 0.25) is 0 Å². The molecule has 0 fully saturated rings. The molecular weight excluding hydrogens is 288 g/mol. The van der Waals surface area contributed by atoms with Gasteiger partial charge in [0.25, 0.3) is 5.91 Å². The van der Waals surface area contributed by atoms with E-state index < -0.39 is 0 Å². The van der Waals surface area contributed by atoms with Crippen LogP contribution in [0.4, 0.5) is 0 Å². The molecule has 0 aliphatic rings. The highest BCUT2D eigenvalue weighted by Gasteiger charge is 2.14. The van der Waals surface area contributed by atoms with Gasteiger partial charge >= 0.3 is 0 Å². The van der Waals surface area contributed by atoms with Crippen molar-refractivity contribution in [2.75, 3.05) is 41.0 Å². The third kappa shape index (κ3) is 4.92. The first-order valence-electron chi connectivity index (χ1n) is 6.80. The third-order valence-electron chi connectivity index (χ3n) is 3.05. The SMILES string of the molecule is COCCNC(=O)CNC(=O)c1cc(OC)c(C)c(OC)c1. The molecule has 7 heteroatoms. The van der Waals surface area contributed by atoms with Gasteiger partial charge in [-0.1, -0.05) is 0 Å². The fourth-order valence-electron chi connectivity index (χ4n) is 1.83. The molecule has 22 heavy (non-hydrogen) atoms. The van der Waals surface area contributed by atoms with Crippen molar-refractivity contribution in [2.24, 2.45) is 0 Å². The first-order valence-corrected chi connectivity index (χ1v) is 6.80. The van der Waals surface area contributed by atoms with E-state index in [0.29, 0.717) is 30.2 Å². The summed E-state index contributed by atoms with van der Waals surface area (Å²) in [7, 11) is 4.59. The molecular formula is C15H22N2O5. The van der Waals surface area contributed by atoms with Gasteiger partial charge in [0.15, 0.2) is 0 Å². The second kappa shape index (κ2) is 8.89. The Morgan fingerprint density at radius 1 is 1.05 bits per heavy atom. The average Bonchev–Trinajstić information content (AvgIpc) is 2.53. The van der Waals surface area contributed by atoms with Gasteiger partial charge in [0.1, 0.15) is 11.5 Å². The Morgan fingerprint density at radius 3 is 2.14 bits per heavy atom. The van der Waals surface area contributed by atoms with E-state index in [9.17, 15) is 9.59 Å². The van der Waals surface area contributed by atoms with Crippen LogP contribution < -0.4 is 20.1 Å². The van der Waals surface area contributed by atoms with E-state index in [0.717, 1.165) is 5.56 Å². The Kier molecular flexibility index (Phi) is 7.18. The van der Waals surface area contributed by atoms with Crippen LogP contribution in [0.3, 0.4) is 0 Å². The highest BCUT2D eigenvalue weighted by atomic mass is 16.5. The van der Waals surface area contributed by atoms with Gasteiger partial charge in [-0.05, 0) is 19.1 Å². The fraction of sp³-hybridized carbons (Fsp3) is 0.467. The summed E-state index contributed by atoms with van der Waals surface area (Å²) in [5.74, 6) is 0.443. The van der Waals surface area contributed by atoms with Crippen LogP contribution in [-0.2, 0) is 9.53 Å². The van der Waals surface area contributed by atoms with Gasteiger partial charge in [-0.25, -0.2) is 0 Å². The van der Waals surface area contributed by atoms with Crippen molar-refractivity contribution in [1.29, 1.82) is 0 Å². The maximum Gasteiger partial charge on any atom is 0.251 e. The molecule has 0 bridgehead atoms. The molecule has 2 N–H and O–H groups in total. The predicted octanol–water partition coefficient (Wildman–Crippen LogP) is 0.505. The van der Waals surface area contributed by atoms with Crippen LogP contribution in [0.1, 0.15) is 15.9 Å². The summed E-state index contributed by atoms with van der Waals surface area (Å²) < 4.78 is 15.3. The normalized spacial score (nSPS) is 10.0. The van der Waals surface area contributed by atoms with Gasteiger partial charge in [0.05, 0.1) is 27.4 Å². The van der Waals surface area contributed by atoms with Crippen molar-refractivity contribution in [3.8, 4) is 11.5 Å². The molecule has 0 heterocycles. The number of methoxy groups -OCH3 is 3. The van der Waals surface area contributed by atoms with Crippen molar-refractivity contribution >= 4 is 11.8 Å². The third-order valence-corrected chi connectivity index (χ3v) is 3.05. The van der Waals surface area contributed by atoms with E-state index in [2.05, 4.69) is 10.6 Å². The van der Waals surface area contributed by atoms with Gasteiger partial charge in [0, 0.05) is 24.8 Å². The number of nitrogens with one attached hydrogen (secondary N) is 2. The molecule has 2 amide bonds. The zero-order valence-corrected chi connectivity index (χ0v) is 13.3. The van der Waals surface area contributed by atoms with Gasteiger partial charge in [0.2, 0.25) is 5.91 Å². The maximum absolute atomic E-state index is 12.1. The van der Waals surface area contributed by atoms with E-state index >= 15 is 0 Å². The molecule has 0 radical (unpaired) electrons. The summed E-state index contributed by atoms with van der Waals surface area (Å²) in [5, 5.41) is 5.16. The molecule has 0 aromatic heterocycles. The number of hydrogen-bond donors (Lipinski definition) is 2. The first kappa shape index (κ1) is 17.8. The lowest BCUT2D eigenvalue weighted by molar-refractivity contribution is -0.120. The lowest BCUT2D eigenvalue weighted by Crippen LogP contribution is -2.38. The van der Waals surface area contributed by atoms with E-state index in [1.807, 2.05) is 6.92 Å². The minimum absolute atomic E-state index is 0.110. The Balaban J connectivity index is 2.67. The molecule has 7 nitrogen and oxygen atoms in total. The molecule has 0 unspecified atom stereocenters. The second-order valence-electron chi connectivity index (χ2n) is 4.53. The molecule has 122 valence electrons. The van der Waals surface area contributed by atoms with E-state index in [1.54, 1.807) is 19.2 Å². The number of amides is 2. The molecule has 0 aliphatic heterocycles. The summed E-state index contributed by atoms with van der Waals surface area (Å²) >= 11 is 0. The lowest BCUT2D eigenvalue weighted by Gasteiger charge is -2.12. The molecule has 0 atom stereocenters. The Labute approximate surface area is 129 Å². The Bertz CT molecular complexity index is 506. The Morgan fingerprint density at radius 2 is 1.64 bits per heavy atom. The number of carbonyl (C=O) groups is 2.